The molecule has 3 heteroatoms. The topological polar surface area (TPSA) is 29.9 Å². The molecule has 0 bridgehead atoms. The van der Waals surface area contributed by atoms with Crippen LogP contribution in [0.3, 0.4) is 0 Å². The molecule has 3 rings (SSSR count). The Balaban J connectivity index is 2.02. The fourth-order valence-electron chi connectivity index (χ4n) is 2.51. The van der Waals surface area contributed by atoms with E-state index in [1.165, 1.54) is 42.8 Å². The van der Waals surface area contributed by atoms with Gasteiger partial charge in [0.2, 0.25) is 0 Å². The van der Waals surface area contributed by atoms with Crippen molar-refractivity contribution in [3.63, 3.8) is 0 Å². The molecule has 2 heterocycles. The van der Waals surface area contributed by atoms with Crippen molar-refractivity contribution < 1.29 is 0 Å². The smallest absolute Gasteiger partial charge is 0.127 e. The molecule has 0 amide bonds. The van der Waals surface area contributed by atoms with E-state index in [0.29, 0.717) is 0 Å². The van der Waals surface area contributed by atoms with E-state index in [-0.39, 0.29) is 0 Å². The van der Waals surface area contributed by atoms with Crippen LogP contribution >= 0.6 is 0 Å². The molecule has 1 N–H and O–H groups in total. The van der Waals surface area contributed by atoms with Gasteiger partial charge in [-0.15, -0.1) is 0 Å². The van der Waals surface area contributed by atoms with Crippen LogP contribution in [0.1, 0.15) is 43.4 Å². The lowest BCUT2D eigenvalue weighted by atomic mass is 9.81. The van der Waals surface area contributed by atoms with E-state index in [1.807, 2.05) is 0 Å². The lowest BCUT2D eigenvalue weighted by Crippen LogP contribution is -2.12. The quantitative estimate of drug-likeness (QED) is 0.776. The van der Waals surface area contributed by atoms with E-state index in [0.717, 1.165) is 19.0 Å². The van der Waals surface area contributed by atoms with Gasteiger partial charge in [-0.05, 0) is 26.2 Å². The Morgan fingerprint density at radius 1 is 1.50 bits per heavy atom. The zero-order valence-electron chi connectivity index (χ0n) is 8.71. The first-order valence-electron chi connectivity index (χ1n) is 5.73. The van der Waals surface area contributed by atoms with Gasteiger partial charge in [-0.25, -0.2) is 4.68 Å². The van der Waals surface area contributed by atoms with Crippen molar-refractivity contribution in [3.8, 4) is 0 Å². The fraction of sp³-hybridized carbons (Fsp3) is 0.727. The summed E-state index contributed by atoms with van der Waals surface area (Å²) in [4.78, 5) is 0. The van der Waals surface area contributed by atoms with Gasteiger partial charge in [-0.1, -0.05) is 6.42 Å². The third-order valence-corrected chi connectivity index (χ3v) is 3.54. The molecule has 3 nitrogen and oxygen atoms in total. The number of rotatable bonds is 2. The number of aryl methyl sites for hydroxylation is 1. The van der Waals surface area contributed by atoms with E-state index in [9.17, 15) is 0 Å². The molecule has 0 spiro atoms. The maximum absolute atomic E-state index is 4.73. The van der Waals surface area contributed by atoms with E-state index in [1.54, 1.807) is 0 Å². The average molecular weight is 191 g/mol. The standard InChI is InChI=1S/C11H17N3/c1-2-14-11-9(6-7-12-11)10(13-14)8-4-3-5-8/h8,12H,2-7H2,1H3. The first kappa shape index (κ1) is 8.33. The predicted molar refractivity (Wildman–Crippen MR) is 56.7 cm³/mol. The van der Waals surface area contributed by atoms with Gasteiger partial charge < -0.3 is 5.32 Å². The number of hydrogen-bond donors (Lipinski definition) is 1. The second-order valence-electron chi connectivity index (χ2n) is 4.33. The molecule has 1 aliphatic carbocycles. The summed E-state index contributed by atoms with van der Waals surface area (Å²) in [7, 11) is 0. The van der Waals surface area contributed by atoms with E-state index in [4.69, 9.17) is 5.10 Å². The number of fused-ring (bicyclic) bond motifs is 1. The molecule has 0 radical (unpaired) electrons. The van der Waals surface area contributed by atoms with Crippen LogP contribution in [-0.4, -0.2) is 16.3 Å². The van der Waals surface area contributed by atoms with Crippen LogP contribution in [0, 0.1) is 0 Å². The highest BCUT2D eigenvalue weighted by Crippen LogP contribution is 2.40. The van der Waals surface area contributed by atoms with Crippen molar-refractivity contribution in [3.05, 3.63) is 11.3 Å². The Hall–Kier alpha value is -0.990. The molecule has 0 aromatic carbocycles. The highest BCUT2D eigenvalue weighted by molar-refractivity contribution is 5.53. The molecule has 76 valence electrons. The van der Waals surface area contributed by atoms with E-state index in [2.05, 4.69) is 16.9 Å². The van der Waals surface area contributed by atoms with Gasteiger partial charge in [0.25, 0.3) is 0 Å². The molecule has 2 aliphatic rings. The van der Waals surface area contributed by atoms with Crippen molar-refractivity contribution in [2.75, 3.05) is 11.9 Å². The third kappa shape index (κ3) is 1.01. The first-order valence-corrected chi connectivity index (χ1v) is 5.73. The van der Waals surface area contributed by atoms with Crippen LogP contribution in [0.5, 0.6) is 0 Å². The molecule has 1 aliphatic heterocycles. The number of nitrogens with one attached hydrogen (secondary N) is 1. The van der Waals surface area contributed by atoms with E-state index < -0.39 is 0 Å². The Bertz CT molecular complexity index is 350. The second-order valence-corrected chi connectivity index (χ2v) is 4.33. The largest absolute Gasteiger partial charge is 0.370 e. The molecule has 0 atom stereocenters. The lowest BCUT2D eigenvalue weighted by molar-refractivity contribution is 0.404. The van der Waals surface area contributed by atoms with Gasteiger partial charge >= 0.3 is 0 Å². The number of hydrogen-bond acceptors (Lipinski definition) is 2. The first-order chi connectivity index (χ1) is 6.90. The van der Waals surface area contributed by atoms with Crippen molar-refractivity contribution in [1.29, 1.82) is 0 Å². The minimum atomic E-state index is 0.774. The van der Waals surface area contributed by atoms with Gasteiger partial charge in [0.15, 0.2) is 0 Å². The molecular weight excluding hydrogens is 174 g/mol. The van der Waals surface area contributed by atoms with Gasteiger partial charge in [0, 0.05) is 24.6 Å². The SMILES string of the molecule is CCn1nc(C2CCC2)c2c1NCC2. The number of anilines is 1. The summed E-state index contributed by atoms with van der Waals surface area (Å²) in [5.41, 5.74) is 2.91. The summed E-state index contributed by atoms with van der Waals surface area (Å²) in [5.74, 6) is 2.07. The Morgan fingerprint density at radius 2 is 2.36 bits per heavy atom. The van der Waals surface area contributed by atoms with Gasteiger partial charge in [0.1, 0.15) is 5.82 Å². The molecule has 0 unspecified atom stereocenters. The van der Waals surface area contributed by atoms with Crippen LogP contribution < -0.4 is 5.32 Å². The number of aromatic nitrogens is 2. The number of nitrogens with zero attached hydrogens (tertiary/aromatic N) is 2. The summed E-state index contributed by atoms with van der Waals surface area (Å²) < 4.78 is 2.13. The zero-order valence-corrected chi connectivity index (χ0v) is 8.71. The summed E-state index contributed by atoms with van der Waals surface area (Å²) in [5, 5.41) is 8.17. The molecule has 1 saturated carbocycles. The van der Waals surface area contributed by atoms with Crippen LogP contribution in [0.2, 0.25) is 0 Å². The second kappa shape index (κ2) is 3.01. The summed E-state index contributed by atoms with van der Waals surface area (Å²) >= 11 is 0. The van der Waals surface area contributed by atoms with Crippen molar-refractivity contribution in [2.45, 2.75) is 45.1 Å². The van der Waals surface area contributed by atoms with Crippen LogP contribution in [-0.2, 0) is 13.0 Å². The van der Waals surface area contributed by atoms with Gasteiger partial charge in [0.05, 0.1) is 5.69 Å². The van der Waals surface area contributed by atoms with E-state index >= 15 is 0 Å². The molecule has 1 aromatic heterocycles. The average Bonchev–Trinajstić information content (AvgIpc) is 2.64. The maximum atomic E-state index is 4.73. The highest BCUT2D eigenvalue weighted by Gasteiger charge is 2.29. The zero-order chi connectivity index (χ0) is 9.54. The maximum Gasteiger partial charge on any atom is 0.127 e. The van der Waals surface area contributed by atoms with Crippen LogP contribution in [0.15, 0.2) is 0 Å². The molecule has 1 fully saturated rings. The minimum absolute atomic E-state index is 0.774. The van der Waals surface area contributed by atoms with Crippen molar-refractivity contribution in [2.24, 2.45) is 0 Å². The Morgan fingerprint density at radius 3 is 3.00 bits per heavy atom. The van der Waals surface area contributed by atoms with Crippen LogP contribution in [0.25, 0.3) is 0 Å². The predicted octanol–water partition coefficient (Wildman–Crippen LogP) is 2.14. The van der Waals surface area contributed by atoms with Crippen LogP contribution in [0.4, 0.5) is 5.82 Å². The Labute approximate surface area is 84.5 Å². The summed E-state index contributed by atoms with van der Waals surface area (Å²) in [6.45, 7) is 4.26. The van der Waals surface area contributed by atoms with Crippen molar-refractivity contribution >= 4 is 5.82 Å². The lowest BCUT2D eigenvalue weighted by Gasteiger charge is -2.24. The monoisotopic (exact) mass is 191 g/mol. The molecular formula is C11H17N3. The van der Waals surface area contributed by atoms with Gasteiger partial charge in [-0.2, -0.15) is 5.10 Å². The third-order valence-electron chi connectivity index (χ3n) is 3.54. The normalized spacial score (nSPS) is 20.4. The van der Waals surface area contributed by atoms with Crippen molar-refractivity contribution in [1.82, 2.24) is 9.78 Å². The fourth-order valence-corrected chi connectivity index (χ4v) is 2.51. The summed E-state index contributed by atoms with van der Waals surface area (Å²) in [6.07, 6.45) is 5.29. The molecule has 14 heavy (non-hydrogen) atoms. The minimum Gasteiger partial charge on any atom is -0.370 e. The summed E-state index contributed by atoms with van der Waals surface area (Å²) in [6, 6.07) is 0. The Kier molecular flexibility index (Phi) is 1.79. The molecule has 1 aromatic rings. The van der Waals surface area contributed by atoms with Gasteiger partial charge in [-0.3, -0.25) is 0 Å². The molecule has 0 saturated heterocycles. The highest BCUT2D eigenvalue weighted by atomic mass is 15.3.